The zero-order chi connectivity index (χ0) is 14.0. The normalized spacial score (nSPS) is 10.2. The quantitative estimate of drug-likeness (QED) is 0.836. The third-order valence-electron chi connectivity index (χ3n) is 2.35. The van der Waals surface area contributed by atoms with Crippen LogP contribution in [0.5, 0.6) is 11.5 Å². The molecule has 4 nitrogen and oxygen atoms in total. The summed E-state index contributed by atoms with van der Waals surface area (Å²) >= 11 is 0. The molecule has 2 aromatic rings. The molecule has 6 heteroatoms. The largest absolute Gasteiger partial charge is 0.478 e. The van der Waals surface area contributed by atoms with Crippen molar-refractivity contribution in [2.75, 3.05) is 5.73 Å². The second kappa shape index (κ2) is 4.93. The molecule has 0 aliphatic heterocycles. The Balaban J connectivity index is 2.36. The topological polar surface area (TPSA) is 72.6 Å². The number of ether oxygens (including phenoxy) is 1. The number of rotatable bonds is 3. The van der Waals surface area contributed by atoms with Gasteiger partial charge in [-0.25, -0.2) is 13.6 Å². The van der Waals surface area contributed by atoms with E-state index in [-0.39, 0.29) is 17.2 Å². The molecule has 0 amide bonds. The summed E-state index contributed by atoms with van der Waals surface area (Å²) in [4.78, 5) is 10.7. The summed E-state index contributed by atoms with van der Waals surface area (Å²) in [6.07, 6.45) is 0. The standard InChI is InChI=1S/C13H9F2NO3/c14-7-2-1-3-8(4-7)19-12-6-10(15)9(13(17)18)5-11(12)16/h1-6H,16H2,(H,17,18). The van der Waals surface area contributed by atoms with Crippen LogP contribution in [0.1, 0.15) is 10.4 Å². The van der Waals surface area contributed by atoms with Crippen molar-refractivity contribution in [1.82, 2.24) is 0 Å². The molecule has 2 aromatic carbocycles. The van der Waals surface area contributed by atoms with E-state index in [1.807, 2.05) is 0 Å². The van der Waals surface area contributed by atoms with Crippen LogP contribution in [0.4, 0.5) is 14.5 Å². The summed E-state index contributed by atoms with van der Waals surface area (Å²) in [6.45, 7) is 0. The average Bonchev–Trinajstić information content (AvgIpc) is 2.33. The zero-order valence-electron chi connectivity index (χ0n) is 9.56. The van der Waals surface area contributed by atoms with Gasteiger partial charge < -0.3 is 15.6 Å². The number of carboxylic acid groups (broad SMARTS) is 1. The first-order valence-electron chi connectivity index (χ1n) is 5.23. The molecule has 0 atom stereocenters. The summed E-state index contributed by atoms with van der Waals surface area (Å²) in [5.41, 5.74) is 4.96. The van der Waals surface area contributed by atoms with Gasteiger partial charge in [0.05, 0.1) is 11.3 Å². The highest BCUT2D eigenvalue weighted by Crippen LogP contribution is 2.30. The molecule has 19 heavy (non-hydrogen) atoms. The Morgan fingerprint density at radius 2 is 1.95 bits per heavy atom. The van der Waals surface area contributed by atoms with Crippen molar-refractivity contribution in [3.05, 3.63) is 53.6 Å². The second-order valence-electron chi connectivity index (χ2n) is 3.73. The van der Waals surface area contributed by atoms with Crippen molar-refractivity contribution in [3.8, 4) is 11.5 Å². The van der Waals surface area contributed by atoms with Gasteiger partial charge in [0.2, 0.25) is 0 Å². The summed E-state index contributed by atoms with van der Waals surface area (Å²) in [5, 5.41) is 8.72. The molecule has 0 bridgehead atoms. The van der Waals surface area contributed by atoms with Crippen molar-refractivity contribution in [1.29, 1.82) is 0 Å². The van der Waals surface area contributed by atoms with Crippen LogP contribution in [0.15, 0.2) is 36.4 Å². The van der Waals surface area contributed by atoms with Gasteiger partial charge in [-0.3, -0.25) is 0 Å². The molecule has 0 unspecified atom stereocenters. The summed E-state index contributed by atoms with van der Waals surface area (Å²) in [5.74, 6) is -2.87. The van der Waals surface area contributed by atoms with Gasteiger partial charge in [0, 0.05) is 12.1 Å². The first-order valence-corrected chi connectivity index (χ1v) is 5.23. The Kier molecular flexibility index (Phi) is 3.33. The van der Waals surface area contributed by atoms with E-state index >= 15 is 0 Å². The van der Waals surface area contributed by atoms with E-state index in [4.69, 9.17) is 15.6 Å². The number of hydrogen-bond donors (Lipinski definition) is 2. The monoisotopic (exact) mass is 265 g/mol. The van der Waals surface area contributed by atoms with E-state index in [0.717, 1.165) is 18.2 Å². The minimum Gasteiger partial charge on any atom is -0.478 e. The van der Waals surface area contributed by atoms with Gasteiger partial charge in [-0.2, -0.15) is 0 Å². The van der Waals surface area contributed by atoms with Crippen molar-refractivity contribution in [3.63, 3.8) is 0 Å². The molecule has 0 radical (unpaired) electrons. The van der Waals surface area contributed by atoms with Crippen LogP contribution in [0.2, 0.25) is 0 Å². The molecular formula is C13H9F2NO3. The van der Waals surface area contributed by atoms with Crippen molar-refractivity contribution >= 4 is 11.7 Å². The number of hydrogen-bond acceptors (Lipinski definition) is 3. The van der Waals surface area contributed by atoms with E-state index in [9.17, 15) is 13.6 Å². The molecule has 0 saturated heterocycles. The maximum absolute atomic E-state index is 13.5. The summed E-state index contributed by atoms with van der Waals surface area (Å²) in [7, 11) is 0. The maximum Gasteiger partial charge on any atom is 0.338 e. The van der Waals surface area contributed by atoms with Crippen LogP contribution in [0.3, 0.4) is 0 Å². The molecular weight excluding hydrogens is 256 g/mol. The molecule has 0 aromatic heterocycles. The molecule has 2 rings (SSSR count). The first kappa shape index (κ1) is 12.8. The minimum atomic E-state index is -1.43. The SMILES string of the molecule is Nc1cc(C(=O)O)c(F)cc1Oc1cccc(F)c1. The predicted octanol–water partition coefficient (Wildman–Crippen LogP) is 3.04. The van der Waals surface area contributed by atoms with Crippen LogP contribution < -0.4 is 10.5 Å². The summed E-state index contributed by atoms with van der Waals surface area (Å²) < 4.78 is 31.6. The number of carboxylic acids is 1. The number of nitrogens with two attached hydrogens (primary N) is 1. The highest BCUT2D eigenvalue weighted by molar-refractivity contribution is 5.89. The Hall–Kier alpha value is -2.63. The Labute approximate surface area is 107 Å². The van der Waals surface area contributed by atoms with Gasteiger partial charge in [-0.1, -0.05) is 6.07 Å². The van der Waals surface area contributed by atoms with Gasteiger partial charge in [0.25, 0.3) is 0 Å². The van der Waals surface area contributed by atoms with Crippen LogP contribution in [-0.2, 0) is 0 Å². The average molecular weight is 265 g/mol. The van der Waals surface area contributed by atoms with Gasteiger partial charge >= 0.3 is 5.97 Å². The molecule has 0 saturated carbocycles. The Bertz CT molecular complexity index is 644. The lowest BCUT2D eigenvalue weighted by Crippen LogP contribution is -2.03. The van der Waals surface area contributed by atoms with Crippen LogP contribution in [0.25, 0.3) is 0 Å². The van der Waals surface area contributed by atoms with Crippen LogP contribution in [-0.4, -0.2) is 11.1 Å². The minimum absolute atomic E-state index is 0.0527. The van der Waals surface area contributed by atoms with E-state index in [0.29, 0.717) is 0 Å². The van der Waals surface area contributed by atoms with Crippen molar-refractivity contribution < 1.29 is 23.4 Å². The van der Waals surface area contributed by atoms with Crippen LogP contribution in [0, 0.1) is 11.6 Å². The van der Waals surface area contributed by atoms with Gasteiger partial charge in [0.1, 0.15) is 17.4 Å². The fourth-order valence-corrected chi connectivity index (χ4v) is 1.48. The lowest BCUT2D eigenvalue weighted by atomic mass is 10.1. The van der Waals surface area contributed by atoms with E-state index in [1.54, 1.807) is 0 Å². The van der Waals surface area contributed by atoms with E-state index < -0.39 is 23.2 Å². The Morgan fingerprint density at radius 3 is 2.58 bits per heavy atom. The smallest absolute Gasteiger partial charge is 0.338 e. The number of benzene rings is 2. The predicted molar refractivity (Wildman–Crippen MR) is 64.2 cm³/mol. The van der Waals surface area contributed by atoms with Gasteiger partial charge in [0.15, 0.2) is 5.75 Å². The van der Waals surface area contributed by atoms with Crippen molar-refractivity contribution in [2.45, 2.75) is 0 Å². The number of carbonyl (C=O) groups is 1. The zero-order valence-corrected chi connectivity index (χ0v) is 9.56. The lowest BCUT2D eigenvalue weighted by molar-refractivity contribution is 0.0692. The highest BCUT2D eigenvalue weighted by atomic mass is 19.1. The molecule has 3 N–H and O–H groups in total. The third-order valence-corrected chi connectivity index (χ3v) is 2.35. The van der Waals surface area contributed by atoms with E-state index in [2.05, 4.69) is 0 Å². The van der Waals surface area contributed by atoms with Crippen LogP contribution >= 0.6 is 0 Å². The lowest BCUT2D eigenvalue weighted by Gasteiger charge is -2.09. The maximum atomic E-state index is 13.5. The number of halogens is 2. The fraction of sp³-hybridized carbons (Fsp3) is 0. The summed E-state index contributed by atoms with van der Waals surface area (Å²) in [6, 6.07) is 7.01. The molecule has 0 heterocycles. The first-order chi connectivity index (χ1) is 8.97. The molecule has 0 spiro atoms. The van der Waals surface area contributed by atoms with Crippen molar-refractivity contribution in [2.24, 2.45) is 0 Å². The Morgan fingerprint density at radius 1 is 1.21 bits per heavy atom. The van der Waals surface area contributed by atoms with Gasteiger partial charge in [-0.05, 0) is 18.2 Å². The fourth-order valence-electron chi connectivity index (χ4n) is 1.48. The number of nitrogen functional groups attached to an aromatic ring is 1. The number of aromatic carboxylic acids is 1. The molecule has 0 aliphatic carbocycles. The molecule has 0 aliphatic rings. The number of anilines is 1. The van der Waals surface area contributed by atoms with Gasteiger partial charge in [-0.15, -0.1) is 0 Å². The van der Waals surface area contributed by atoms with E-state index in [1.165, 1.54) is 18.2 Å². The second-order valence-corrected chi connectivity index (χ2v) is 3.73. The highest BCUT2D eigenvalue weighted by Gasteiger charge is 2.15. The molecule has 98 valence electrons. The molecule has 0 fully saturated rings. The third kappa shape index (κ3) is 2.79.